The lowest BCUT2D eigenvalue weighted by Crippen LogP contribution is -2.38. The molecule has 28 heavy (non-hydrogen) atoms. The summed E-state index contributed by atoms with van der Waals surface area (Å²) in [4.78, 5) is 19.5. The summed E-state index contributed by atoms with van der Waals surface area (Å²) in [6.07, 6.45) is 1.67. The number of oxazole rings is 1. The van der Waals surface area contributed by atoms with Gasteiger partial charge in [-0.25, -0.2) is 4.98 Å². The van der Waals surface area contributed by atoms with E-state index in [0.29, 0.717) is 18.8 Å². The first-order chi connectivity index (χ1) is 13.6. The van der Waals surface area contributed by atoms with Gasteiger partial charge < -0.3 is 13.7 Å². The highest BCUT2D eigenvalue weighted by Gasteiger charge is 2.30. The second kappa shape index (κ2) is 6.78. The molecule has 2 aromatic heterocycles. The van der Waals surface area contributed by atoms with Crippen LogP contribution in [0.2, 0.25) is 0 Å². The number of amides is 1. The van der Waals surface area contributed by atoms with E-state index >= 15 is 0 Å². The minimum Gasteiger partial charge on any atom is -0.451 e. The number of aromatic nitrogens is 1. The predicted molar refractivity (Wildman–Crippen MR) is 111 cm³/mol. The van der Waals surface area contributed by atoms with Gasteiger partial charge in [0.25, 0.3) is 5.91 Å². The van der Waals surface area contributed by atoms with Gasteiger partial charge in [0.1, 0.15) is 11.1 Å². The van der Waals surface area contributed by atoms with E-state index in [4.69, 9.17) is 8.83 Å². The number of nitrogens with zero attached hydrogens (tertiary/aromatic N) is 2. The highest BCUT2D eigenvalue weighted by atomic mass is 79.9. The first-order valence-electron chi connectivity index (χ1n) is 9.43. The molecule has 6 heteroatoms. The molecule has 1 amide bonds. The summed E-state index contributed by atoms with van der Waals surface area (Å²) in [7, 11) is 0. The van der Waals surface area contributed by atoms with Gasteiger partial charge in [-0.05, 0) is 50.1 Å². The lowest BCUT2D eigenvalue weighted by molar-refractivity contribution is 0.0676. The van der Waals surface area contributed by atoms with Crippen LogP contribution in [0.3, 0.4) is 0 Å². The molecule has 0 unspecified atom stereocenters. The summed E-state index contributed by atoms with van der Waals surface area (Å²) >= 11 is 3.45. The number of likely N-dealkylation sites (tertiary alicyclic amines) is 1. The van der Waals surface area contributed by atoms with Crippen molar-refractivity contribution in [1.29, 1.82) is 0 Å². The molecule has 5 nitrogen and oxygen atoms in total. The largest absolute Gasteiger partial charge is 0.451 e. The van der Waals surface area contributed by atoms with Crippen molar-refractivity contribution in [3.05, 3.63) is 64.2 Å². The van der Waals surface area contributed by atoms with Crippen LogP contribution in [0.4, 0.5) is 0 Å². The van der Waals surface area contributed by atoms with E-state index < -0.39 is 0 Å². The molecule has 5 rings (SSSR count). The Hall–Kier alpha value is -2.60. The summed E-state index contributed by atoms with van der Waals surface area (Å²) in [6, 6.07) is 13.7. The Morgan fingerprint density at radius 3 is 2.68 bits per heavy atom. The molecule has 0 saturated carbocycles. The van der Waals surface area contributed by atoms with Crippen LogP contribution in [0.25, 0.3) is 22.1 Å². The van der Waals surface area contributed by atoms with E-state index in [-0.39, 0.29) is 11.8 Å². The number of para-hydroxylation sites is 2. The van der Waals surface area contributed by atoms with E-state index in [0.717, 1.165) is 50.8 Å². The third-order valence-corrected chi connectivity index (χ3v) is 6.03. The lowest BCUT2D eigenvalue weighted by atomic mass is 9.96. The summed E-state index contributed by atoms with van der Waals surface area (Å²) < 4.78 is 12.8. The molecule has 3 heterocycles. The van der Waals surface area contributed by atoms with Crippen LogP contribution in [0.1, 0.15) is 40.8 Å². The van der Waals surface area contributed by atoms with E-state index in [1.807, 2.05) is 54.3 Å². The number of furan rings is 1. The Labute approximate surface area is 170 Å². The average Bonchev–Trinajstić information content (AvgIpc) is 3.28. The van der Waals surface area contributed by atoms with E-state index in [1.54, 1.807) is 0 Å². The number of fused-ring (bicyclic) bond motifs is 2. The van der Waals surface area contributed by atoms with Crippen molar-refractivity contribution < 1.29 is 13.6 Å². The first-order valence-corrected chi connectivity index (χ1v) is 10.2. The SMILES string of the molecule is Cc1c(C(=O)N2CCC(c3nc4ccccc4o3)CC2)oc2cc(Br)ccc12. The molecule has 0 N–H and O–H groups in total. The molecule has 1 fully saturated rings. The van der Waals surface area contributed by atoms with Gasteiger partial charge in [-0.2, -0.15) is 0 Å². The number of rotatable bonds is 2. The second-order valence-corrected chi connectivity index (χ2v) is 8.20. The number of benzene rings is 2. The summed E-state index contributed by atoms with van der Waals surface area (Å²) in [5.74, 6) is 1.41. The third kappa shape index (κ3) is 2.92. The smallest absolute Gasteiger partial charge is 0.289 e. The molecule has 0 spiro atoms. The van der Waals surface area contributed by atoms with Crippen molar-refractivity contribution in [2.45, 2.75) is 25.7 Å². The fraction of sp³-hybridized carbons (Fsp3) is 0.273. The quantitative estimate of drug-likeness (QED) is 0.404. The number of carbonyl (C=O) groups excluding carboxylic acids is 1. The molecule has 1 aliphatic rings. The van der Waals surface area contributed by atoms with E-state index in [2.05, 4.69) is 20.9 Å². The Kier molecular flexibility index (Phi) is 4.23. The predicted octanol–water partition coefficient (Wildman–Crippen LogP) is 5.66. The molecule has 1 saturated heterocycles. The van der Waals surface area contributed by atoms with Crippen LogP contribution < -0.4 is 0 Å². The number of hydrogen-bond acceptors (Lipinski definition) is 4. The summed E-state index contributed by atoms with van der Waals surface area (Å²) in [5.41, 5.74) is 3.34. The zero-order valence-electron chi connectivity index (χ0n) is 15.4. The maximum absolute atomic E-state index is 13.0. The topological polar surface area (TPSA) is 59.5 Å². The molecule has 0 bridgehead atoms. The van der Waals surface area contributed by atoms with Gasteiger partial charge in [0, 0.05) is 34.4 Å². The molecular weight excluding hydrogens is 420 g/mol. The molecule has 0 aliphatic carbocycles. The zero-order valence-corrected chi connectivity index (χ0v) is 17.0. The number of hydrogen-bond donors (Lipinski definition) is 0. The van der Waals surface area contributed by atoms with Crippen molar-refractivity contribution in [1.82, 2.24) is 9.88 Å². The van der Waals surface area contributed by atoms with Crippen molar-refractivity contribution >= 4 is 43.9 Å². The molecule has 0 atom stereocenters. The fourth-order valence-corrected chi connectivity index (χ4v) is 4.28. The van der Waals surface area contributed by atoms with Crippen LogP contribution in [0.5, 0.6) is 0 Å². The maximum Gasteiger partial charge on any atom is 0.289 e. The molecular formula is C22H19BrN2O3. The second-order valence-electron chi connectivity index (χ2n) is 7.28. The van der Waals surface area contributed by atoms with Gasteiger partial charge in [0.05, 0.1) is 0 Å². The van der Waals surface area contributed by atoms with Gasteiger partial charge in [0.15, 0.2) is 17.2 Å². The fourth-order valence-electron chi connectivity index (χ4n) is 3.94. The third-order valence-electron chi connectivity index (χ3n) is 5.54. The first kappa shape index (κ1) is 17.5. The Morgan fingerprint density at radius 2 is 1.89 bits per heavy atom. The van der Waals surface area contributed by atoms with Crippen LogP contribution in [-0.2, 0) is 0 Å². The van der Waals surface area contributed by atoms with E-state index in [1.165, 1.54) is 0 Å². The molecule has 0 radical (unpaired) electrons. The minimum atomic E-state index is -0.0409. The molecule has 1 aliphatic heterocycles. The number of halogens is 1. The van der Waals surface area contributed by atoms with Gasteiger partial charge in [0.2, 0.25) is 0 Å². The van der Waals surface area contributed by atoms with Gasteiger partial charge in [-0.3, -0.25) is 4.79 Å². The average molecular weight is 439 g/mol. The molecule has 2 aromatic carbocycles. The summed E-state index contributed by atoms with van der Waals surface area (Å²) in [6.45, 7) is 3.28. The van der Waals surface area contributed by atoms with Crippen LogP contribution in [0, 0.1) is 6.92 Å². The highest BCUT2D eigenvalue weighted by molar-refractivity contribution is 9.10. The van der Waals surface area contributed by atoms with Crippen LogP contribution in [-0.4, -0.2) is 28.9 Å². The van der Waals surface area contributed by atoms with Crippen molar-refractivity contribution in [3.8, 4) is 0 Å². The van der Waals surface area contributed by atoms with Crippen molar-refractivity contribution in [2.75, 3.05) is 13.1 Å². The Bertz CT molecular complexity index is 1150. The molecule has 4 aromatic rings. The lowest BCUT2D eigenvalue weighted by Gasteiger charge is -2.30. The highest BCUT2D eigenvalue weighted by Crippen LogP contribution is 2.32. The normalized spacial score (nSPS) is 15.6. The molecule has 142 valence electrons. The number of aryl methyl sites for hydroxylation is 1. The number of piperidine rings is 1. The Morgan fingerprint density at radius 1 is 1.11 bits per heavy atom. The van der Waals surface area contributed by atoms with Crippen LogP contribution >= 0.6 is 15.9 Å². The minimum absolute atomic E-state index is 0.0409. The maximum atomic E-state index is 13.0. The van der Waals surface area contributed by atoms with E-state index in [9.17, 15) is 4.79 Å². The monoisotopic (exact) mass is 438 g/mol. The standard InChI is InChI=1S/C22H19BrN2O3/c1-13-16-7-6-15(23)12-19(16)27-20(13)22(26)25-10-8-14(9-11-25)21-24-17-4-2-3-5-18(17)28-21/h2-7,12,14H,8-11H2,1H3. The van der Waals surface area contributed by atoms with Gasteiger partial charge in [-0.1, -0.05) is 28.1 Å². The van der Waals surface area contributed by atoms with Crippen molar-refractivity contribution in [2.24, 2.45) is 0 Å². The zero-order chi connectivity index (χ0) is 19.3. The number of carbonyl (C=O) groups is 1. The van der Waals surface area contributed by atoms with Gasteiger partial charge in [-0.15, -0.1) is 0 Å². The van der Waals surface area contributed by atoms with Gasteiger partial charge >= 0.3 is 0 Å². The van der Waals surface area contributed by atoms with Crippen molar-refractivity contribution in [3.63, 3.8) is 0 Å². The Balaban J connectivity index is 1.34. The summed E-state index contributed by atoms with van der Waals surface area (Å²) in [5, 5.41) is 0.980. The van der Waals surface area contributed by atoms with Crippen LogP contribution in [0.15, 0.2) is 55.8 Å².